The zero-order chi connectivity index (χ0) is 31.7. The lowest BCUT2D eigenvalue weighted by Gasteiger charge is -2.05. The SMILES string of the molecule is COC(=O)c1cnn(C)c1N=Nc1c(C)nn(-c2ncnc(-n3nc(C)c(N=Nc4c(C(=O)C=O)cnn4C)c3N)n2)c1N. The number of ether oxygens (including phenoxy) is 1. The van der Waals surface area contributed by atoms with E-state index in [-0.39, 0.29) is 64.0 Å². The van der Waals surface area contributed by atoms with Gasteiger partial charge in [0.1, 0.15) is 11.9 Å². The monoisotopic (exact) mass is 601 g/mol. The van der Waals surface area contributed by atoms with Gasteiger partial charge in [0.15, 0.2) is 40.9 Å². The molecule has 21 heteroatoms. The van der Waals surface area contributed by atoms with Crippen LogP contribution in [0.2, 0.25) is 0 Å². The molecule has 0 amide bonds. The number of rotatable bonds is 9. The van der Waals surface area contributed by atoms with E-state index in [1.54, 1.807) is 20.9 Å². The first kappa shape index (κ1) is 29.0. The molecular formula is C23H23N17O4. The van der Waals surface area contributed by atoms with Crippen LogP contribution in [0, 0.1) is 13.8 Å². The molecule has 5 aromatic rings. The summed E-state index contributed by atoms with van der Waals surface area (Å²) in [6, 6.07) is 0. The molecule has 0 atom stereocenters. The molecule has 224 valence electrons. The van der Waals surface area contributed by atoms with E-state index in [1.807, 2.05) is 0 Å². The van der Waals surface area contributed by atoms with E-state index >= 15 is 0 Å². The number of nitrogens with zero attached hydrogens (tertiary/aromatic N) is 15. The third-order valence-electron chi connectivity index (χ3n) is 6.13. The molecule has 0 aliphatic rings. The van der Waals surface area contributed by atoms with Crippen molar-refractivity contribution >= 4 is 52.7 Å². The largest absolute Gasteiger partial charge is 0.465 e. The van der Waals surface area contributed by atoms with Crippen molar-refractivity contribution in [3.8, 4) is 11.9 Å². The molecule has 0 fully saturated rings. The molecule has 0 saturated heterocycles. The smallest absolute Gasteiger partial charge is 0.343 e. The normalized spacial score (nSPS) is 11.6. The standard InChI is InChI=1S/C23H23N17O4/c1-10-15(31-33-19-12(14(42)8-41)6-28-37(19)3)17(24)39(35-10)22-26-9-27-23(30-22)40-18(25)16(11(2)36-40)32-34-20-13(21(43)44-5)7-29-38(20)4/h6-9H,24-25H2,1-5H3. The molecule has 0 radical (unpaired) electrons. The minimum Gasteiger partial charge on any atom is -0.465 e. The van der Waals surface area contributed by atoms with E-state index in [1.165, 1.54) is 51.6 Å². The Balaban J connectivity index is 1.47. The van der Waals surface area contributed by atoms with E-state index in [0.717, 1.165) is 0 Å². The molecule has 21 nitrogen and oxygen atoms in total. The summed E-state index contributed by atoms with van der Waals surface area (Å²) >= 11 is 0. The molecule has 0 aromatic carbocycles. The number of aromatic nitrogens is 11. The summed E-state index contributed by atoms with van der Waals surface area (Å²) in [5, 5.41) is 33.2. The number of anilines is 2. The number of hydrogen-bond acceptors (Lipinski definition) is 17. The molecule has 0 spiro atoms. The van der Waals surface area contributed by atoms with Crippen molar-refractivity contribution in [3.63, 3.8) is 0 Å². The lowest BCUT2D eigenvalue weighted by atomic mass is 10.2. The summed E-state index contributed by atoms with van der Waals surface area (Å²) in [6.07, 6.45) is 3.89. The maximum absolute atomic E-state index is 12.0. The zero-order valence-electron chi connectivity index (χ0n) is 23.8. The number of azo groups is 2. The predicted molar refractivity (Wildman–Crippen MR) is 149 cm³/mol. The molecule has 0 bridgehead atoms. The fraction of sp³-hybridized carbons (Fsp3) is 0.217. The summed E-state index contributed by atoms with van der Waals surface area (Å²) in [5.74, 6) is -1.15. The van der Waals surface area contributed by atoms with Crippen LogP contribution in [-0.4, -0.2) is 79.2 Å². The Morgan fingerprint density at radius 2 is 1.30 bits per heavy atom. The summed E-state index contributed by atoms with van der Waals surface area (Å²) in [6.45, 7) is 3.28. The summed E-state index contributed by atoms with van der Waals surface area (Å²) < 4.78 is 9.83. The highest BCUT2D eigenvalue weighted by Crippen LogP contribution is 2.32. The Morgan fingerprint density at radius 1 is 0.818 bits per heavy atom. The van der Waals surface area contributed by atoms with Crippen LogP contribution in [0.25, 0.3) is 11.9 Å². The molecule has 0 aliphatic heterocycles. The first-order valence-corrected chi connectivity index (χ1v) is 12.4. The Kier molecular flexibility index (Phi) is 7.50. The Hall–Kier alpha value is -6.54. The van der Waals surface area contributed by atoms with Gasteiger partial charge in [0.2, 0.25) is 5.78 Å². The topological polar surface area (TPSA) is 272 Å². The van der Waals surface area contributed by atoms with E-state index in [9.17, 15) is 14.4 Å². The van der Waals surface area contributed by atoms with E-state index in [4.69, 9.17) is 16.2 Å². The van der Waals surface area contributed by atoms with Crippen LogP contribution in [0.3, 0.4) is 0 Å². The van der Waals surface area contributed by atoms with Crippen molar-refractivity contribution in [1.82, 2.24) is 54.1 Å². The fourth-order valence-electron chi connectivity index (χ4n) is 3.89. The summed E-state index contributed by atoms with van der Waals surface area (Å²) in [4.78, 5) is 47.6. The third kappa shape index (κ3) is 5.03. The molecule has 5 heterocycles. The van der Waals surface area contributed by atoms with E-state index in [2.05, 4.69) is 55.8 Å². The average Bonchev–Trinajstić information content (AvgIpc) is 3.74. The van der Waals surface area contributed by atoms with Crippen molar-refractivity contribution in [2.75, 3.05) is 18.6 Å². The molecule has 5 rings (SSSR count). The first-order valence-electron chi connectivity index (χ1n) is 12.4. The molecule has 4 N–H and O–H groups in total. The van der Waals surface area contributed by atoms with Crippen molar-refractivity contribution in [3.05, 3.63) is 41.2 Å². The number of carbonyl (C=O) groups excluding carboxylic acids is 3. The van der Waals surface area contributed by atoms with Gasteiger partial charge in [0.05, 0.1) is 36.5 Å². The highest BCUT2D eigenvalue weighted by Gasteiger charge is 2.22. The number of Topliss-reactive ketones (excluding diaryl/α,β-unsaturated/α-hetero) is 1. The van der Waals surface area contributed by atoms with Crippen LogP contribution in [0.1, 0.15) is 32.1 Å². The van der Waals surface area contributed by atoms with Crippen LogP contribution in [-0.2, 0) is 23.6 Å². The zero-order valence-corrected chi connectivity index (χ0v) is 23.8. The van der Waals surface area contributed by atoms with Crippen molar-refractivity contribution in [2.45, 2.75) is 13.8 Å². The van der Waals surface area contributed by atoms with Gasteiger partial charge in [0.25, 0.3) is 11.9 Å². The number of methoxy groups -OCH3 is 1. The van der Waals surface area contributed by atoms with Crippen LogP contribution in [0.15, 0.2) is 39.2 Å². The number of ketones is 1. The lowest BCUT2D eigenvalue weighted by molar-refractivity contribution is -0.104. The molecule has 0 aliphatic carbocycles. The van der Waals surface area contributed by atoms with Gasteiger partial charge in [-0.3, -0.25) is 9.59 Å². The number of carbonyl (C=O) groups is 3. The lowest BCUT2D eigenvalue weighted by Crippen LogP contribution is -2.12. The average molecular weight is 602 g/mol. The van der Waals surface area contributed by atoms with Crippen LogP contribution in [0.5, 0.6) is 0 Å². The van der Waals surface area contributed by atoms with Gasteiger partial charge >= 0.3 is 5.97 Å². The van der Waals surface area contributed by atoms with Crippen molar-refractivity contribution < 1.29 is 19.1 Å². The van der Waals surface area contributed by atoms with Gasteiger partial charge in [0, 0.05) is 14.1 Å². The second-order valence-electron chi connectivity index (χ2n) is 8.93. The maximum atomic E-state index is 12.0. The van der Waals surface area contributed by atoms with E-state index in [0.29, 0.717) is 11.4 Å². The number of aldehydes is 1. The van der Waals surface area contributed by atoms with Crippen LogP contribution >= 0.6 is 0 Å². The molecular weight excluding hydrogens is 578 g/mol. The van der Waals surface area contributed by atoms with E-state index < -0.39 is 11.8 Å². The minimum absolute atomic E-state index is 0.00254. The summed E-state index contributed by atoms with van der Waals surface area (Å²) in [5.41, 5.74) is 13.8. The first-order chi connectivity index (χ1) is 21.0. The molecule has 5 aromatic heterocycles. The molecule has 0 saturated carbocycles. The summed E-state index contributed by atoms with van der Waals surface area (Å²) in [7, 11) is 4.37. The number of nitrogens with two attached hydrogens (primary N) is 2. The van der Waals surface area contributed by atoms with Gasteiger partial charge in [-0.1, -0.05) is 0 Å². The van der Waals surface area contributed by atoms with Crippen LogP contribution < -0.4 is 11.5 Å². The molecule has 44 heavy (non-hydrogen) atoms. The van der Waals surface area contributed by atoms with Gasteiger partial charge in [-0.2, -0.15) is 44.7 Å². The van der Waals surface area contributed by atoms with Crippen molar-refractivity contribution in [1.29, 1.82) is 0 Å². The predicted octanol–water partition coefficient (Wildman–Crippen LogP) is 1.49. The van der Waals surface area contributed by atoms with Gasteiger partial charge in [-0.25, -0.2) is 14.2 Å². The Morgan fingerprint density at radius 3 is 1.77 bits per heavy atom. The highest BCUT2D eigenvalue weighted by molar-refractivity contribution is 6.34. The second kappa shape index (κ2) is 11.4. The van der Waals surface area contributed by atoms with Crippen molar-refractivity contribution in [2.24, 2.45) is 34.6 Å². The number of nitrogen functional groups attached to an aromatic ring is 2. The Labute approximate surface area is 246 Å². The number of esters is 1. The van der Waals surface area contributed by atoms with Crippen LogP contribution in [0.4, 0.5) is 34.6 Å². The second-order valence-corrected chi connectivity index (χ2v) is 8.93. The van der Waals surface area contributed by atoms with Gasteiger partial charge < -0.3 is 16.2 Å². The number of aryl methyl sites for hydroxylation is 4. The maximum Gasteiger partial charge on any atom is 0.343 e. The quantitative estimate of drug-likeness (QED) is 0.0797. The fourth-order valence-corrected chi connectivity index (χ4v) is 3.89. The third-order valence-corrected chi connectivity index (χ3v) is 6.13. The highest BCUT2D eigenvalue weighted by atomic mass is 16.5. The van der Waals surface area contributed by atoms with Gasteiger partial charge in [-0.05, 0) is 13.8 Å². The molecule has 0 unspecified atom stereocenters. The van der Waals surface area contributed by atoms with Gasteiger partial charge in [-0.15, -0.1) is 20.5 Å². The minimum atomic E-state index is -0.800. The number of hydrogen-bond donors (Lipinski definition) is 2. The Bertz CT molecular complexity index is 1990.